The molecule has 1 amide bonds. The largest absolute Gasteiger partial charge is 0.349 e. The molecule has 0 unspecified atom stereocenters. The Bertz CT molecular complexity index is 1290. The van der Waals surface area contributed by atoms with Crippen molar-refractivity contribution < 1.29 is 13.2 Å². The van der Waals surface area contributed by atoms with Gasteiger partial charge in [-0.25, -0.2) is 8.42 Å². The first-order valence-corrected chi connectivity index (χ1v) is 13.0. The third kappa shape index (κ3) is 4.82. The lowest BCUT2D eigenvalue weighted by molar-refractivity contribution is -0.126. The Morgan fingerprint density at radius 3 is 2.24 bits per heavy atom. The van der Waals surface area contributed by atoms with Crippen LogP contribution in [0, 0.1) is 26.7 Å². The van der Waals surface area contributed by atoms with Crippen LogP contribution in [0.5, 0.6) is 0 Å². The lowest BCUT2D eigenvalue weighted by Crippen LogP contribution is -2.43. The molecule has 1 heterocycles. The first-order valence-electron chi connectivity index (χ1n) is 11.5. The summed E-state index contributed by atoms with van der Waals surface area (Å²) in [5, 5.41) is 5.07. The fraction of sp³-hybridized carbons (Fsp3) is 0.370. The third-order valence-corrected chi connectivity index (χ3v) is 8.79. The predicted octanol–water partition coefficient (Wildman–Crippen LogP) is 5.04. The number of sulfonamides is 1. The first-order chi connectivity index (χ1) is 15.7. The first kappa shape index (κ1) is 23.5. The van der Waals surface area contributed by atoms with Crippen LogP contribution in [0.4, 0.5) is 0 Å². The van der Waals surface area contributed by atoms with Crippen LogP contribution in [0.3, 0.4) is 0 Å². The number of aryl methyl sites for hydroxylation is 3. The second-order valence-electron chi connectivity index (χ2n) is 9.21. The van der Waals surface area contributed by atoms with E-state index in [1.165, 1.54) is 21.0 Å². The van der Waals surface area contributed by atoms with Gasteiger partial charge in [0.1, 0.15) is 0 Å². The summed E-state index contributed by atoms with van der Waals surface area (Å²) < 4.78 is 27.9. The molecule has 1 atom stereocenters. The molecule has 0 bridgehead atoms. The van der Waals surface area contributed by atoms with E-state index in [9.17, 15) is 13.2 Å². The molecule has 3 aromatic carbocycles. The van der Waals surface area contributed by atoms with Gasteiger partial charge in [0.2, 0.25) is 15.9 Å². The highest BCUT2D eigenvalue weighted by Gasteiger charge is 2.32. The maximum absolute atomic E-state index is 13.2. The number of amides is 1. The van der Waals surface area contributed by atoms with Crippen LogP contribution >= 0.6 is 0 Å². The van der Waals surface area contributed by atoms with Gasteiger partial charge in [-0.2, -0.15) is 4.31 Å². The molecule has 0 aromatic heterocycles. The molecule has 6 heteroatoms. The van der Waals surface area contributed by atoms with Crippen LogP contribution in [0.2, 0.25) is 0 Å². The van der Waals surface area contributed by atoms with Gasteiger partial charge in [0.05, 0.1) is 10.9 Å². The van der Waals surface area contributed by atoms with Crippen molar-refractivity contribution in [2.45, 2.75) is 51.5 Å². The standard InChI is InChI=1S/C27H32N2O3S/c1-18-15-20(3)26(16-19(18)2)21(4)28-27(30)23-11-13-29(14-12-23)33(31,32)25-10-9-22-7-5-6-8-24(22)17-25/h5-10,15-17,21,23H,11-14H2,1-4H3,(H,28,30)/t21-/m1/s1. The van der Waals surface area contributed by atoms with Crippen LogP contribution in [0.15, 0.2) is 59.5 Å². The Morgan fingerprint density at radius 2 is 1.55 bits per heavy atom. The summed E-state index contributed by atoms with van der Waals surface area (Å²) in [5.41, 5.74) is 4.75. The lowest BCUT2D eigenvalue weighted by atomic mass is 9.94. The predicted molar refractivity (Wildman–Crippen MR) is 133 cm³/mol. The molecule has 1 N–H and O–H groups in total. The van der Waals surface area contributed by atoms with Crippen molar-refractivity contribution in [1.29, 1.82) is 0 Å². The molecule has 0 saturated carbocycles. The molecule has 0 radical (unpaired) electrons. The number of nitrogens with one attached hydrogen (secondary N) is 1. The van der Waals surface area contributed by atoms with Gasteiger partial charge in [-0.1, -0.05) is 42.5 Å². The van der Waals surface area contributed by atoms with E-state index in [2.05, 4.69) is 38.2 Å². The van der Waals surface area contributed by atoms with E-state index in [0.29, 0.717) is 30.8 Å². The summed E-state index contributed by atoms with van der Waals surface area (Å²) in [6.07, 6.45) is 1.05. The highest BCUT2D eigenvalue weighted by Crippen LogP contribution is 2.27. The highest BCUT2D eigenvalue weighted by atomic mass is 32.2. The van der Waals surface area contributed by atoms with E-state index in [4.69, 9.17) is 0 Å². The van der Waals surface area contributed by atoms with Gasteiger partial charge in [-0.15, -0.1) is 0 Å². The van der Waals surface area contributed by atoms with E-state index in [1.54, 1.807) is 12.1 Å². The molecule has 1 aliphatic rings. The van der Waals surface area contributed by atoms with E-state index in [0.717, 1.165) is 16.3 Å². The quantitative estimate of drug-likeness (QED) is 0.575. The van der Waals surface area contributed by atoms with Crippen LogP contribution < -0.4 is 5.32 Å². The molecular formula is C27H32N2O3S. The zero-order chi connectivity index (χ0) is 23.8. The van der Waals surface area contributed by atoms with E-state index < -0.39 is 10.0 Å². The molecule has 1 aliphatic heterocycles. The molecule has 174 valence electrons. The number of rotatable bonds is 5. The number of piperidine rings is 1. The number of benzene rings is 3. The Kier molecular flexibility index (Phi) is 6.59. The molecule has 1 saturated heterocycles. The second-order valence-corrected chi connectivity index (χ2v) is 11.1. The van der Waals surface area contributed by atoms with Crippen LogP contribution in [0.1, 0.15) is 48.1 Å². The number of carbonyl (C=O) groups is 1. The third-order valence-electron chi connectivity index (χ3n) is 6.89. The maximum Gasteiger partial charge on any atom is 0.243 e. The summed E-state index contributed by atoms with van der Waals surface area (Å²) in [6.45, 7) is 8.96. The summed E-state index contributed by atoms with van der Waals surface area (Å²) in [5.74, 6) is -0.176. The zero-order valence-corrected chi connectivity index (χ0v) is 20.6. The minimum Gasteiger partial charge on any atom is -0.349 e. The van der Waals surface area contributed by atoms with Gasteiger partial charge in [0, 0.05) is 19.0 Å². The molecule has 3 aromatic rings. The molecule has 5 nitrogen and oxygen atoms in total. The number of fused-ring (bicyclic) bond motifs is 1. The zero-order valence-electron chi connectivity index (χ0n) is 19.8. The van der Waals surface area contributed by atoms with Gasteiger partial charge in [0.25, 0.3) is 0 Å². The number of carbonyl (C=O) groups excluding carboxylic acids is 1. The van der Waals surface area contributed by atoms with Crippen LogP contribution in [-0.2, 0) is 14.8 Å². The van der Waals surface area contributed by atoms with E-state index >= 15 is 0 Å². The van der Waals surface area contributed by atoms with E-state index in [1.807, 2.05) is 37.3 Å². The molecule has 0 aliphatic carbocycles. The van der Waals surface area contributed by atoms with Crippen molar-refractivity contribution in [3.05, 3.63) is 76.9 Å². The number of hydrogen-bond donors (Lipinski definition) is 1. The summed E-state index contributed by atoms with van der Waals surface area (Å²) in [7, 11) is -3.58. The van der Waals surface area contributed by atoms with Crippen molar-refractivity contribution in [3.63, 3.8) is 0 Å². The van der Waals surface area contributed by atoms with Gasteiger partial charge in [0.15, 0.2) is 0 Å². The van der Waals surface area contributed by atoms with Crippen molar-refractivity contribution in [1.82, 2.24) is 9.62 Å². The average Bonchev–Trinajstić information content (AvgIpc) is 2.81. The Morgan fingerprint density at radius 1 is 0.909 bits per heavy atom. The highest BCUT2D eigenvalue weighted by molar-refractivity contribution is 7.89. The number of nitrogens with zero attached hydrogens (tertiary/aromatic N) is 1. The van der Waals surface area contributed by atoms with Crippen molar-refractivity contribution >= 4 is 26.7 Å². The Labute approximate surface area is 196 Å². The monoisotopic (exact) mass is 464 g/mol. The number of hydrogen-bond acceptors (Lipinski definition) is 3. The fourth-order valence-electron chi connectivity index (χ4n) is 4.69. The second kappa shape index (κ2) is 9.27. The molecule has 1 fully saturated rings. The minimum atomic E-state index is -3.58. The smallest absolute Gasteiger partial charge is 0.243 e. The minimum absolute atomic E-state index is 0.00267. The maximum atomic E-state index is 13.2. The molecular weight excluding hydrogens is 432 g/mol. The average molecular weight is 465 g/mol. The van der Waals surface area contributed by atoms with Crippen molar-refractivity contribution in [2.24, 2.45) is 5.92 Å². The normalized spacial score (nSPS) is 16.6. The van der Waals surface area contributed by atoms with Gasteiger partial charge in [-0.05, 0) is 85.7 Å². The molecule has 4 rings (SSSR count). The van der Waals surface area contributed by atoms with Crippen molar-refractivity contribution in [3.8, 4) is 0 Å². The summed E-state index contributed by atoms with van der Waals surface area (Å²) in [4.78, 5) is 13.2. The summed E-state index contributed by atoms with van der Waals surface area (Å²) in [6, 6.07) is 17.2. The van der Waals surface area contributed by atoms with Gasteiger partial charge in [-0.3, -0.25) is 4.79 Å². The van der Waals surface area contributed by atoms with Crippen LogP contribution in [0.25, 0.3) is 10.8 Å². The SMILES string of the molecule is Cc1cc(C)c([C@@H](C)NC(=O)C2CCN(S(=O)(=O)c3ccc4ccccc4c3)CC2)cc1C. The molecule has 33 heavy (non-hydrogen) atoms. The van der Waals surface area contributed by atoms with Crippen molar-refractivity contribution in [2.75, 3.05) is 13.1 Å². The lowest BCUT2D eigenvalue weighted by Gasteiger charge is -2.31. The van der Waals surface area contributed by atoms with E-state index in [-0.39, 0.29) is 17.9 Å². The Hall–Kier alpha value is -2.70. The fourth-order valence-corrected chi connectivity index (χ4v) is 6.20. The molecule has 0 spiro atoms. The van der Waals surface area contributed by atoms with Gasteiger partial charge >= 0.3 is 0 Å². The topological polar surface area (TPSA) is 66.5 Å². The van der Waals surface area contributed by atoms with Crippen LogP contribution in [-0.4, -0.2) is 31.7 Å². The summed E-state index contributed by atoms with van der Waals surface area (Å²) >= 11 is 0. The van der Waals surface area contributed by atoms with Gasteiger partial charge < -0.3 is 5.32 Å². The Balaban J connectivity index is 1.40.